The maximum atomic E-state index is 9.86. The Morgan fingerprint density at radius 1 is 1.45 bits per heavy atom. The van der Waals surface area contributed by atoms with E-state index < -0.39 is 0 Å². The number of aliphatic hydroxyl groups is 1. The molecule has 106 valence electrons. The van der Waals surface area contributed by atoms with Crippen molar-refractivity contribution in [3.8, 4) is 5.75 Å². The first-order valence-corrected chi connectivity index (χ1v) is 7.02. The van der Waals surface area contributed by atoms with Gasteiger partial charge in [0.1, 0.15) is 5.75 Å². The zero-order valence-electron chi connectivity index (χ0n) is 11.5. The van der Waals surface area contributed by atoms with Gasteiger partial charge in [-0.1, -0.05) is 24.2 Å². The molecule has 5 nitrogen and oxygen atoms in total. The number of hydrogen-bond acceptors (Lipinski definition) is 5. The molecule has 1 aliphatic carbocycles. The maximum Gasteiger partial charge on any atom is 0.264 e. The number of benzene rings is 1. The molecule has 1 aliphatic rings. The molecule has 1 heterocycles. The third-order valence-corrected chi connectivity index (χ3v) is 3.53. The predicted octanol–water partition coefficient (Wildman–Crippen LogP) is 2.58. The molecular formula is C15H18N2O3. The third-order valence-electron chi connectivity index (χ3n) is 3.53. The Hall–Kier alpha value is -1.88. The summed E-state index contributed by atoms with van der Waals surface area (Å²) in [6.45, 7) is 2.34. The lowest BCUT2D eigenvalue weighted by atomic mass is 10.1. The third kappa shape index (κ3) is 2.54. The van der Waals surface area contributed by atoms with Crippen molar-refractivity contribution in [2.75, 3.05) is 0 Å². The van der Waals surface area contributed by atoms with Gasteiger partial charge < -0.3 is 14.4 Å². The summed E-state index contributed by atoms with van der Waals surface area (Å²) in [5, 5.41) is 13.8. The van der Waals surface area contributed by atoms with Gasteiger partial charge in [-0.05, 0) is 30.9 Å². The molecule has 1 aromatic carbocycles. The Morgan fingerprint density at radius 2 is 2.35 bits per heavy atom. The topological polar surface area (TPSA) is 68.4 Å². The van der Waals surface area contributed by atoms with Gasteiger partial charge in [-0.25, -0.2) is 0 Å². The summed E-state index contributed by atoms with van der Waals surface area (Å²) in [5.41, 5.74) is 2.06. The van der Waals surface area contributed by atoms with Gasteiger partial charge in [0.25, 0.3) is 5.89 Å². The summed E-state index contributed by atoms with van der Waals surface area (Å²) in [7, 11) is 0. The summed E-state index contributed by atoms with van der Waals surface area (Å²) >= 11 is 0. The van der Waals surface area contributed by atoms with Crippen LogP contribution in [0.2, 0.25) is 0 Å². The second-order valence-corrected chi connectivity index (χ2v) is 5.02. The largest absolute Gasteiger partial charge is 0.483 e. The molecule has 3 rings (SSSR count). The van der Waals surface area contributed by atoms with Gasteiger partial charge in [0.2, 0.25) is 0 Å². The van der Waals surface area contributed by atoms with Crippen molar-refractivity contribution in [2.24, 2.45) is 0 Å². The second-order valence-electron chi connectivity index (χ2n) is 5.02. The maximum absolute atomic E-state index is 9.86. The van der Waals surface area contributed by atoms with Crippen LogP contribution in [0.3, 0.4) is 0 Å². The SMILES string of the molecule is CCCc1noc(COc2cccc3c2CCC3O)n1. The molecule has 0 bridgehead atoms. The fourth-order valence-corrected chi connectivity index (χ4v) is 2.55. The van der Waals surface area contributed by atoms with Gasteiger partial charge in [-0.15, -0.1) is 0 Å². The summed E-state index contributed by atoms with van der Waals surface area (Å²) in [6.07, 6.45) is 3.04. The van der Waals surface area contributed by atoms with Crippen LogP contribution in [0.5, 0.6) is 5.75 Å². The molecule has 5 heteroatoms. The van der Waals surface area contributed by atoms with Crippen LogP contribution in [0.15, 0.2) is 22.7 Å². The summed E-state index contributed by atoms with van der Waals surface area (Å²) in [4.78, 5) is 4.27. The van der Waals surface area contributed by atoms with Crippen LogP contribution in [0.25, 0.3) is 0 Å². The first-order chi connectivity index (χ1) is 9.78. The van der Waals surface area contributed by atoms with Crippen LogP contribution in [0.1, 0.15) is 48.7 Å². The molecule has 2 aromatic rings. The molecule has 0 saturated heterocycles. The zero-order valence-corrected chi connectivity index (χ0v) is 11.5. The number of rotatable bonds is 5. The number of ether oxygens (including phenoxy) is 1. The van der Waals surface area contributed by atoms with Gasteiger partial charge in [-0.2, -0.15) is 4.98 Å². The van der Waals surface area contributed by atoms with Crippen molar-refractivity contribution < 1.29 is 14.4 Å². The van der Waals surface area contributed by atoms with Gasteiger partial charge >= 0.3 is 0 Å². The van der Waals surface area contributed by atoms with E-state index in [0.717, 1.165) is 48.4 Å². The van der Waals surface area contributed by atoms with Crippen LogP contribution in [0.4, 0.5) is 0 Å². The normalized spacial score (nSPS) is 17.2. The average Bonchev–Trinajstić information content (AvgIpc) is 3.05. The summed E-state index contributed by atoms with van der Waals surface area (Å²) in [6, 6.07) is 5.77. The van der Waals surface area contributed by atoms with Crippen molar-refractivity contribution in [2.45, 2.75) is 45.3 Å². The average molecular weight is 274 g/mol. The highest BCUT2D eigenvalue weighted by Gasteiger charge is 2.23. The van der Waals surface area contributed by atoms with E-state index in [-0.39, 0.29) is 12.7 Å². The van der Waals surface area contributed by atoms with Crippen LogP contribution in [-0.2, 0) is 19.4 Å². The van der Waals surface area contributed by atoms with E-state index in [2.05, 4.69) is 17.1 Å². The smallest absolute Gasteiger partial charge is 0.264 e. The van der Waals surface area contributed by atoms with E-state index in [1.165, 1.54) is 0 Å². The minimum Gasteiger partial charge on any atom is -0.483 e. The Bertz CT molecular complexity index is 595. The van der Waals surface area contributed by atoms with Crippen molar-refractivity contribution >= 4 is 0 Å². The molecule has 0 fully saturated rings. The molecule has 0 aliphatic heterocycles. The molecular weight excluding hydrogens is 256 g/mol. The Kier molecular flexibility index (Phi) is 3.69. The summed E-state index contributed by atoms with van der Waals surface area (Å²) < 4.78 is 10.9. The lowest BCUT2D eigenvalue weighted by Crippen LogP contribution is -1.99. The first-order valence-electron chi connectivity index (χ1n) is 7.02. The van der Waals surface area contributed by atoms with Gasteiger partial charge in [0, 0.05) is 12.0 Å². The van der Waals surface area contributed by atoms with E-state index in [4.69, 9.17) is 9.26 Å². The van der Waals surface area contributed by atoms with Crippen LogP contribution < -0.4 is 4.74 Å². The van der Waals surface area contributed by atoms with Gasteiger partial charge in [0.05, 0.1) is 6.10 Å². The van der Waals surface area contributed by atoms with Crippen molar-refractivity contribution in [1.29, 1.82) is 0 Å². The van der Waals surface area contributed by atoms with E-state index >= 15 is 0 Å². The molecule has 1 N–H and O–H groups in total. The summed E-state index contributed by atoms with van der Waals surface area (Å²) in [5.74, 6) is 2.01. The number of nitrogens with zero attached hydrogens (tertiary/aromatic N) is 2. The predicted molar refractivity (Wildman–Crippen MR) is 72.3 cm³/mol. The van der Waals surface area contributed by atoms with E-state index in [9.17, 15) is 5.11 Å². The quantitative estimate of drug-likeness (QED) is 0.907. The van der Waals surface area contributed by atoms with E-state index in [1.54, 1.807) is 0 Å². The van der Waals surface area contributed by atoms with Crippen LogP contribution in [0, 0.1) is 0 Å². The molecule has 1 aromatic heterocycles. The Balaban J connectivity index is 1.69. The van der Waals surface area contributed by atoms with Crippen LogP contribution in [-0.4, -0.2) is 15.2 Å². The Morgan fingerprint density at radius 3 is 3.20 bits per heavy atom. The number of aromatic nitrogens is 2. The fraction of sp³-hybridized carbons (Fsp3) is 0.467. The molecule has 0 saturated carbocycles. The van der Waals surface area contributed by atoms with E-state index in [1.807, 2.05) is 18.2 Å². The number of hydrogen-bond donors (Lipinski definition) is 1. The molecule has 20 heavy (non-hydrogen) atoms. The molecule has 1 atom stereocenters. The zero-order chi connectivity index (χ0) is 13.9. The highest BCUT2D eigenvalue weighted by atomic mass is 16.5. The number of fused-ring (bicyclic) bond motifs is 1. The van der Waals surface area contributed by atoms with Gasteiger partial charge in [-0.3, -0.25) is 0 Å². The minimum absolute atomic E-state index is 0.267. The monoisotopic (exact) mass is 274 g/mol. The molecule has 1 unspecified atom stereocenters. The number of aryl methyl sites for hydroxylation is 1. The first kappa shape index (κ1) is 13.1. The fourth-order valence-electron chi connectivity index (χ4n) is 2.55. The highest BCUT2D eigenvalue weighted by Crippen LogP contribution is 2.36. The van der Waals surface area contributed by atoms with Crippen molar-refractivity contribution in [3.63, 3.8) is 0 Å². The Labute approximate surface area is 117 Å². The standard InChI is InChI=1S/C15H18N2O3/c1-2-4-14-16-15(20-17-14)9-19-13-6-3-5-10-11(13)7-8-12(10)18/h3,5-6,12,18H,2,4,7-9H2,1H3. The van der Waals surface area contributed by atoms with Crippen molar-refractivity contribution in [1.82, 2.24) is 10.1 Å². The molecule has 0 spiro atoms. The molecule has 0 amide bonds. The molecule has 0 radical (unpaired) electrons. The minimum atomic E-state index is -0.367. The van der Waals surface area contributed by atoms with E-state index in [0.29, 0.717) is 5.89 Å². The van der Waals surface area contributed by atoms with Crippen molar-refractivity contribution in [3.05, 3.63) is 41.0 Å². The number of aliphatic hydroxyl groups excluding tert-OH is 1. The van der Waals surface area contributed by atoms with Crippen LogP contribution >= 0.6 is 0 Å². The van der Waals surface area contributed by atoms with Gasteiger partial charge in [0.15, 0.2) is 12.4 Å². The lowest BCUT2D eigenvalue weighted by Gasteiger charge is -2.09. The second kappa shape index (κ2) is 5.63. The highest BCUT2D eigenvalue weighted by molar-refractivity contribution is 5.44. The lowest BCUT2D eigenvalue weighted by molar-refractivity contribution is 0.180.